The molecule has 0 heterocycles. The normalized spacial score (nSPS) is 20.0. The van der Waals surface area contributed by atoms with Gasteiger partial charge < -0.3 is 0 Å². The number of hydrogen-bond acceptors (Lipinski definition) is 0. The van der Waals surface area contributed by atoms with E-state index in [1.54, 1.807) is 0 Å². The third kappa shape index (κ3) is 1.58. The molecule has 1 heteroatoms. The average Bonchev–Trinajstić information content (AvgIpc) is 2.54. The molecule has 2 bridgehead atoms. The molecule has 0 saturated heterocycles. The maximum Gasteiger partial charge on any atom is 1.00 e. The Hall–Kier alpha value is -1.74. The van der Waals surface area contributed by atoms with Gasteiger partial charge in [0.2, 0.25) is 0 Å². The summed E-state index contributed by atoms with van der Waals surface area (Å²) in [5.41, 5.74) is 8.69. The van der Waals surface area contributed by atoms with Crippen molar-refractivity contribution < 1.29 is 18.9 Å². The van der Waals surface area contributed by atoms with E-state index in [-0.39, 0.29) is 18.9 Å². The van der Waals surface area contributed by atoms with Crippen molar-refractivity contribution >= 4 is 0 Å². The van der Waals surface area contributed by atoms with Crippen LogP contribution in [0.1, 0.15) is 45.2 Å². The summed E-state index contributed by atoms with van der Waals surface area (Å²) < 4.78 is 0. The van der Waals surface area contributed by atoms with Crippen LogP contribution < -0.4 is 18.9 Å². The quantitative estimate of drug-likeness (QED) is 0.292. The molecule has 21 heavy (non-hydrogen) atoms. The van der Waals surface area contributed by atoms with E-state index in [0.717, 1.165) is 0 Å². The predicted molar refractivity (Wildman–Crippen MR) is 80.1 cm³/mol. The fraction of sp³-hybridized carbons (Fsp3) is 0.100. The predicted octanol–water partition coefficient (Wildman–Crippen LogP) is 1.48. The molecule has 0 nitrogen and oxygen atoms in total. The smallest absolute Gasteiger partial charge is 0.179 e. The van der Waals surface area contributed by atoms with Gasteiger partial charge in [0.1, 0.15) is 0 Å². The molecule has 0 aliphatic heterocycles. The van der Waals surface area contributed by atoms with Crippen LogP contribution >= 0.6 is 0 Å². The van der Waals surface area contributed by atoms with E-state index in [9.17, 15) is 0 Å². The number of benzene rings is 3. The van der Waals surface area contributed by atoms with Crippen LogP contribution in [0.5, 0.6) is 0 Å². The minimum atomic E-state index is 0. The van der Waals surface area contributed by atoms with Crippen molar-refractivity contribution in [3.8, 4) is 0 Å². The SMILES string of the molecule is [Li+].[c-]1cccc2c1C1c3ccccc3C2c2ccccc21. The molecule has 0 spiro atoms. The molecule has 94 valence electrons. The standard InChI is InChI=1S/C20H13.Li/c1-2-8-14-13(7-1)19-15-9-3-5-11-17(15)20(14)18-12-6-4-10-16(18)19;/h1-11,19-20H;/q-1;+1. The van der Waals surface area contributed by atoms with E-state index in [1.165, 1.54) is 33.4 Å². The second-order valence-corrected chi connectivity index (χ2v) is 5.66. The molecule has 3 aliphatic rings. The van der Waals surface area contributed by atoms with Gasteiger partial charge in [0, 0.05) is 5.92 Å². The van der Waals surface area contributed by atoms with Crippen molar-refractivity contribution in [3.63, 3.8) is 0 Å². The minimum absolute atomic E-state index is 0. The van der Waals surface area contributed by atoms with Crippen molar-refractivity contribution in [2.45, 2.75) is 11.8 Å². The fourth-order valence-electron chi connectivity index (χ4n) is 4.02. The zero-order valence-electron chi connectivity index (χ0n) is 12.0. The Kier molecular flexibility index (Phi) is 2.86. The van der Waals surface area contributed by atoms with Crippen LogP contribution in [0.25, 0.3) is 0 Å². The first-order valence-electron chi connectivity index (χ1n) is 7.13. The van der Waals surface area contributed by atoms with Gasteiger partial charge in [0.05, 0.1) is 0 Å². The summed E-state index contributed by atoms with van der Waals surface area (Å²) in [5.74, 6) is 0.753. The monoisotopic (exact) mass is 260 g/mol. The number of rotatable bonds is 0. The van der Waals surface area contributed by atoms with Crippen LogP contribution in [-0.4, -0.2) is 0 Å². The van der Waals surface area contributed by atoms with Crippen LogP contribution in [0.2, 0.25) is 0 Å². The average molecular weight is 260 g/mol. The maximum atomic E-state index is 3.50. The summed E-state index contributed by atoms with van der Waals surface area (Å²) in [7, 11) is 0. The minimum Gasteiger partial charge on any atom is -0.179 e. The van der Waals surface area contributed by atoms with E-state index in [1.807, 2.05) is 6.07 Å². The van der Waals surface area contributed by atoms with E-state index in [2.05, 4.69) is 66.7 Å². The zero-order chi connectivity index (χ0) is 13.1. The molecule has 0 amide bonds. The van der Waals surface area contributed by atoms with Crippen molar-refractivity contribution in [2.75, 3.05) is 0 Å². The van der Waals surface area contributed by atoms with E-state index < -0.39 is 0 Å². The summed E-state index contributed by atoms with van der Waals surface area (Å²) in [4.78, 5) is 0. The van der Waals surface area contributed by atoms with Crippen LogP contribution in [0, 0.1) is 6.07 Å². The summed E-state index contributed by atoms with van der Waals surface area (Å²) in [5, 5.41) is 0. The van der Waals surface area contributed by atoms with Gasteiger partial charge in [-0.1, -0.05) is 48.5 Å². The summed E-state index contributed by atoms with van der Waals surface area (Å²) in [6.07, 6.45) is 0. The Bertz CT molecular complexity index is 653. The van der Waals surface area contributed by atoms with E-state index in [0.29, 0.717) is 11.8 Å². The molecule has 0 radical (unpaired) electrons. The molecule has 3 aliphatic carbocycles. The van der Waals surface area contributed by atoms with Gasteiger partial charge in [-0.15, -0.1) is 11.1 Å². The van der Waals surface area contributed by atoms with Gasteiger partial charge in [-0.25, -0.2) is 0 Å². The Morgan fingerprint density at radius 1 is 0.571 bits per heavy atom. The summed E-state index contributed by atoms with van der Waals surface area (Å²) >= 11 is 0. The van der Waals surface area contributed by atoms with Crippen molar-refractivity contribution in [1.29, 1.82) is 0 Å². The van der Waals surface area contributed by atoms with E-state index in [4.69, 9.17) is 0 Å². The molecular weight excluding hydrogens is 247 g/mol. The first-order valence-corrected chi connectivity index (χ1v) is 7.13. The molecule has 0 atom stereocenters. The second-order valence-electron chi connectivity index (χ2n) is 5.66. The first kappa shape index (κ1) is 13.0. The van der Waals surface area contributed by atoms with Gasteiger partial charge >= 0.3 is 18.9 Å². The molecule has 6 rings (SSSR count). The molecule has 0 aromatic heterocycles. The Labute approximate surface area is 137 Å². The molecule has 3 aromatic carbocycles. The second kappa shape index (κ2) is 4.63. The first-order chi connectivity index (χ1) is 9.95. The van der Waals surface area contributed by atoms with Gasteiger partial charge in [-0.3, -0.25) is 0 Å². The van der Waals surface area contributed by atoms with Crippen molar-refractivity contribution in [3.05, 3.63) is 106 Å². The summed E-state index contributed by atoms with van der Waals surface area (Å²) in [6.45, 7) is 0. The summed E-state index contributed by atoms with van der Waals surface area (Å²) in [6, 6.07) is 27.7. The van der Waals surface area contributed by atoms with Crippen LogP contribution in [0.4, 0.5) is 0 Å². The maximum absolute atomic E-state index is 3.50. The molecule has 0 saturated carbocycles. The van der Waals surface area contributed by atoms with Crippen LogP contribution in [0.3, 0.4) is 0 Å². The molecule has 3 aromatic rings. The zero-order valence-corrected chi connectivity index (χ0v) is 12.0. The molecule has 0 unspecified atom stereocenters. The Balaban J connectivity index is 0.00000115. The third-order valence-corrected chi connectivity index (χ3v) is 4.76. The van der Waals surface area contributed by atoms with Crippen LogP contribution in [0.15, 0.2) is 66.7 Å². The van der Waals surface area contributed by atoms with Crippen molar-refractivity contribution in [1.82, 2.24) is 0 Å². The van der Waals surface area contributed by atoms with Crippen molar-refractivity contribution in [2.24, 2.45) is 0 Å². The molecular formula is C20H13Li. The van der Waals surface area contributed by atoms with Gasteiger partial charge in [-0.2, -0.15) is 24.3 Å². The number of hydrogen-bond donors (Lipinski definition) is 0. The third-order valence-electron chi connectivity index (χ3n) is 4.76. The molecule has 0 fully saturated rings. The fourth-order valence-corrected chi connectivity index (χ4v) is 4.02. The van der Waals surface area contributed by atoms with Crippen LogP contribution in [-0.2, 0) is 0 Å². The Morgan fingerprint density at radius 3 is 1.62 bits per heavy atom. The van der Waals surface area contributed by atoms with Gasteiger partial charge in [-0.05, 0) is 28.2 Å². The van der Waals surface area contributed by atoms with Gasteiger partial charge in [0.15, 0.2) is 0 Å². The van der Waals surface area contributed by atoms with E-state index >= 15 is 0 Å². The topological polar surface area (TPSA) is 0 Å². The largest absolute Gasteiger partial charge is 1.00 e. The Morgan fingerprint density at radius 2 is 1.05 bits per heavy atom. The molecule has 0 N–H and O–H groups in total. The van der Waals surface area contributed by atoms with Gasteiger partial charge in [0.25, 0.3) is 0 Å².